The number of hydrogen-bond acceptors (Lipinski definition) is 6. The quantitative estimate of drug-likeness (QED) is 0.194. The van der Waals surface area contributed by atoms with Crippen molar-refractivity contribution in [3.8, 4) is 11.5 Å². The Labute approximate surface area is 202 Å². The summed E-state index contributed by atoms with van der Waals surface area (Å²) < 4.78 is 12.2. The number of hydrogen-bond donors (Lipinski definition) is 0. The van der Waals surface area contributed by atoms with E-state index in [0.29, 0.717) is 28.5 Å². The van der Waals surface area contributed by atoms with Gasteiger partial charge in [-0.15, -0.1) is 0 Å². The van der Waals surface area contributed by atoms with Gasteiger partial charge in [0, 0.05) is 0 Å². The van der Waals surface area contributed by atoms with Crippen LogP contribution in [0.5, 0.6) is 11.5 Å². The van der Waals surface area contributed by atoms with Gasteiger partial charge in [0.15, 0.2) is 0 Å². The van der Waals surface area contributed by atoms with Gasteiger partial charge in [-0.25, -0.2) is 0 Å². The Morgan fingerprint density at radius 3 is 2.24 bits per heavy atom. The SMILES string of the molecule is CCOc1ccc(/C=C2\N=C([Se]c3ccc([N+](=O)[O-])cc3)N(c3ccc(OC)cc3)C2=O)cc1. The number of rotatable bonds is 8. The van der Waals surface area contributed by atoms with E-state index in [4.69, 9.17) is 9.47 Å². The van der Waals surface area contributed by atoms with Gasteiger partial charge in [0.25, 0.3) is 0 Å². The van der Waals surface area contributed by atoms with Crippen molar-refractivity contribution in [2.75, 3.05) is 18.6 Å². The predicted molar refractivity (Wildman–Crippen MR) is 132 cm³/mol. The first-order valence-electron chi connectivity index (χ1n) is 10.4. The Kier molecular flexibility index (Phi) is 7.06. The van der Waals surface area contributed by atoms with Crippen molar-refractivity contribution < 1.29 is 19.2 Å². The molecule has 0 aromatic heterocycles. The Balaban J connectivity index is 1.67. The fraction of sp³-hybridized carbons (Fsp3) is 0.120. The number of amides is 1. The number of nitro benzene ring substituents is 1. The number of nitrogens with zero attached hydrogens (tertiary/aromatic N) is 3. The van der Waals surface area contributed by atoms with Gasteiger partial charge in [-0.05, 0) is 0 Å². The number of benzene rings is 3. The van der Waals surface area contributed by atoms with Crippen LogP contribution in [0, 0.1) is 10.1 Å². The van der Waals surface area contributed by atoms with Crippen molar-refractivity contribution in [1.29, 1.82) is 0 Å². The number of aliphatic imine (C=N–C) groups is 1. The summed E-state index contributed by atoms with van der Waals surface area (Å²) in [7, 11) is 1.58. The number of amidine groups is 1. The molecule has 1 aliphatic rings. The summed E-state index contributed by atoms with van der Waals surface area (Å²) in [6.45, 7) is 2.50. The second-order valence-corrected chi connectivity index (χ2v) is 9.30. The summed E-state index contributed by atoms with van der Waals surface area (Å²) >= 11 is -0.362. The first kappa shape index (κ1) is 23.2. The molecule has 8 nitrogen and oxygen atoms in total. The molecule has 0 N–H and O–H groups in total. The van der Waals surface area contributed by atoms with E-state index in [1.165, 1.54) is 12.1 Å². The third kappa shape index (κ3) is 5.17. The molecule has 9 heteroatoms. The zero-order chi connectivity index (χ0) is 24.1. The molecule has 172 valence electrons. The van der Waals surface area contributed by atoms with Crippen LogP contribution in [0.4, 0.5) is 11.4 Å². The van der Waals surface area contributed by atoms with Crippen LogP contribution in [-0.2, 0) is 4.79 Å². The monoisotopic (exact) mass is 523 g/mol. The number of methoxy groups -OCH3 is 1. The molecule has 1 amide bonds. The number of nitro groups is 1. The van der Waals surface area contributed by atoms with E-state index < -0.39 is 4.92 Å². The Morgan fingerprint density at radius 1 is 1.00 bits per heavy atom. The zero-order valence-corrected chi connectivity index (χ0v) is 20.2. The second kappa shape index (κ2) is 10.3. The summed E-state index contributed by atoms with van der Waals surface area (Å²) in [5, 5.41) is 11.0. The normalized spacial score (nSPS) is 14.3. The molecular weight excluding hydrogens is 501 g/mol. The topological polar surface area (TPSA) is 94.3 Å². The van der Waals surface area contributed by atoms with Crippen LogP contribution >= 0.6 is 0 Å². The summed E-state index contributed by atoms with van der Waals surface area (Å²) in [5.41, 5.74) is 1.84. The van der Waals surface area contributed by atoms with E-state index in [0.717, 1.165) is 15.8 Å². The van der Waals surface area contributed by atoms with Gasteiger partial charge in [-0.2, -0.15) is 0 Å². The summed E-state index contributed by atoms with van der Waals surface area (Å²) in [6, 6.07) is 20.9. The molecule has 3 aromatic rings. The third-order valence-electron chi connectivity index (χ3n) is 4.91. The standard InChI is InChI=1S/C25H21N3O5Se/c1-3-33-21-10-4-17(5-11-21)16-23-24(29)27(18-6-12-20(32-2)13-7-18)25(26-23)34-22-14-8-19(9-15-22)28(30)31/h4-16H,3H2,1-2H3/b23-16-. The Bertz CT molecular complexity index is 1250. The van der Waals surface area contributed by atoms with Crippen LogP contribution in [0.3, 0.4) is 0 Å². The van der Waals surface area contributed by atoms with Crippen molar-refractivity contribution in [2.24, 2.45) is 4.99 Å². The third-order valence-corrected chi connectivity index (χ3v) is 6.93. The first-order chi connectivity index (χ1) is 16.5. The van der Waals surface area contributed by atoms with Crippen molar-refractivity contribution >= 4 is 47.5 Å². The van der Waals surface area contributed by atoms with Crippen molar-refractivity contribution in [2.45, 2.75) is 6.92 Å². The molecular formula is C25H21N3O5Se. The van der Waals surface area contributed by atoms with Crippen LogP contribution in [0.15, 0.2) is 83.5 Å². The molecule has 0 bridgehead atoms. The van der Waals surface area contributed by atoms with E-state index in [-0.39, 0.29) is 26.6 Å². The minimum absolute atomic E-state index is 0.0204. The molecule has 1 aliphatic heterocycles. The molecule has 34 heavy (non-hydrogen) atoms. The maximum absolute atomic E-state index is 13.4. The molecule has 0 spiro atoms. The maximum atomic E-state index is 13.4. The second-order valence-electron chi connectivity index (χ2n) is 7.12. The van der Waals surface area contributed by atoms with Gasteiger partial charge in [-0.3, -0.25) is 0 Å². The van der Waals surface area contributed by atoms with Gasteiger partial charge in [0.05, 0.1) is 0 Å². The summed E-state index contributed by atoms with van der Waals surface area (Å²) in [4.78, 5) is 30.2. The zero-order valence-electron chi connectivity index (χ0n) is 18.5. The first-order valence-corrected chi connectivity index (χ1v) is 12.1. The van der Waals surface area contributed by atoms with E-state index in [2.05, 4.69) is 4.99 Å². The van der Waals surface area contributed by atoms with E-state index in [9.17, 15) is 14.9 Å². The van der Waals surface area contributed by atoms with Crippen LogP contribution in [0.1, 0.15) is 12.5 Å². The van der Waals surface area contributed by atoms with Gasteiger partial charge in [0.1, 0.15) is 0 Å². The average Bonchev–Trinajstić information content (AvgIpc) is 3.15. The van der Waals surface area contributed by atoms with Crippen molar-refractivity contribution in [3.05, 3.63) is 94.2 Å². The molecule has 0 saturated carbocycles. The van der Waals surface area contributed by atoms with Crippen LogP contribution < -0.4 is 18.8 Å². The number of anilines is 1. The van der Waals surface area contributed by atoms with Crippen molar-refractivity contribution in [1.82, 2.24) is 0 Å². The number of carbonyl (C=O) groups excluding carboxylic acids is 1. The number of carbonyl (C=O) groups is 1. The minimum atomic E-state index is -0.436. The van der Waals surface area contributed by atoms with Crippen LogP contribution in [0.2, 0.25) is 0 Å². The molecule has 0 fully saturated rings. The molecule has 3 aromatic carbocycles. The van der Waals surface area contributed by atoms with Crippen LogP contribution in [-0.4, -0.2) is 44.2 Å². The fourth-order valence-electron chi connectivity index (χ4n) is 3.25. The van der Waals surface area contributed by atoms with Gasteiger partial charge in [-0.1, -0.05) is 0 Å². The molecule has 0 atom stereocenters. The molecule has 4 rings (SSSR count). The Hall–Kier alpha value is -3.94. The fourth-order valence-corrected chi connectivity index (χ4v) is 5.15. The Morgan fingerprint density at radius 2 is 1.65 bits per heavy atom. The van der Waals surface area contributed by atoms with Crippen molar-refractivity contribution in [3.63, 3.8) is 0 Å². The average molecular weight is 522 g/mol. The van der Waals surface area contributed by atoms with Gasteiger partial charge >= 0.3 is 203 Å². The van der Waals surface area contributed by atoms with Gasteiger partial charge < -0.3 is 0 Å². The molecule has 1 heterocycles. The molecule has 0 saturated heterocycles. The summed E-state index contributed by atoms with van der Waals surface area (Å²) in [5.74, 6) is 1.20. The number of non-ortho nitro benzene ring substituents is 1. The predicted octanol–water partition coefficient (Wildman–Crippen LogP) is 3.78. The van der Waals surface area contributed by atoms with Gasteiger partial charge in [0.2, 0.25) is 0 Å². The van der Waals surface area contributed by atoms with Crippen LogP contribution in [0.25, 0.3) is 6.08 Å². The number of ether oxygens (including phenoxy) is 2. The van der Waals surface area contributed by atoms with E-state index in [1.54, 1.807) is 54.5 Å². The molecule has 0 unspecified atom stereocenters. The molecule has 0 aliphatic carbocycles. The molecule has 0 radical (unpaired) electrons. The summed E-state index contributed by atoms with van der Waals surface area (Å²) in [6.07, 6.45) is 1.74. The van der Waals surface area contributed by atoms with E-state index >= 15 is 0 Å². The van der Waals surface area contributed by atoms with E-state index in [1.807, 2.05) is 31.2 Å².